The molecule has 0 heterocycles. The summed E-state index contributed by atoms with van der Waals surface area (Å²) >= 11 is 1.74. The quantitative estimate of drug-likeness (QED) is 0.0744. The van der Waals surface area contributed by atoms with Gasteiger partial charge in [-0.1, -0.05) is 103 Å². The molecule has 0 saturated heterocycles. The van der Waals surface area contributed by atoms with E-state index < -0.39 is 15.6 Å². The molecule has 0 aromatic heterocycles. The molecule has 6 aromatic carbocycles. The number of hydrogen-bond acceptors (Lipinski definition) is 6. The Bertz CT molecular complexity index is 2150. The third-order valence-corrected chi connectivity index (χ3v) is 11.3. The molecule has 268 valence electrons. The van der Waals surface area contributed by atoms with Gasteiger partial charge >= 0.3 is 5.51 Å². The van der Waals surface area contributed by atoms with Crippen LogP contribution in [0, 0.1) is 0 Å². The highest BCUT2D eigenvalue weighted by Gasteiger charge is 2.37. The molecule has 0 radical (unpaired) electrons. The average Bonchev–Trinajstić information content (AvgIpc) is 3.14. The van der Waals surface area contributed by atoms with Gasteiger partial charge in [0.2, 0.25) is 0 Å². The van der Waals surface area contributed by atoms with Crippen LogP contribution in [0.15, 0.2) is 176 Å². The molecule has 5 nitrogen and oxygen atoms in total. The Hall–Kier alpha value is -4.68. The van der Waals surface area contributed by atoms with Crippen molar-refractivity contribution < 1.29 is 35.6 Å². The minimum atomic E-state index is -6.09. The topological polar surface area (TPSA) is 75.7 Å². The average molecular weight is 761 g/mol. The van der Waals surface area contributed by atoms with Crippen LogP contribution < -0.4 is 9.47 Å². The molecule has 11 heteroatoms. The highest BCUT2D eigenvalue weighted by Crippen LogP contribution is 2.42. The lowest BCUT2D eigenvalue weighted by Gasteiger charge is -2.15. The van der Waals surface area contributed by atoms with Gasteiger partial charge in [0.25, 0.3) is 0 Å². The molecule has 0 aliphatic carbocycles. The van der Waals surface area contributed by atoms with Gasteiger partial charge in [-0.3, -0.25) is 0 Å². The summed E-state index contributed by atoms with van der Waals surface area (Å²) in [5.41, 5.74) is -0.952. The van der Waals surface area contributed by atoms with E-state index in [-0.39, 0.29) is 10.9 Å². The standard InChI is InChI=1S/C40H35O2S2.CHF3O3S/c1-3-41-38-28-35(24-26-37(38)32-16-10-6-11-17-32)44(34-18-12-7-13-19-34)36-25-27-40(39(29-36)42-4-2)43-33-22-20-31(21-23-33)30-14-8-5-9-15-30;2-1(3,4)8(5,6)7/h5-29H,3-4H2,1-2H3;(H,5,6,7)/q+1;/p-1. The first-order chi connectivity index (χ1) is 25.0. The Balaban J connectivity index is 0.000000587. The summed E-state index contributed by atoms with van der Waals surface area (Å²) in [4.78, 5) is 5.95. The second-order valence-corrected chi connectivity index (χ2v) is 15.5. The van der Waals surface area contributed by atoms with E-state index in [0.717, 1.165) is 27.5 Å². The molecule has 1 unspecified atom stereocenters. The summed E-state index contributed by atoms with van der Waals surface area (Å²) in [6.07, 6.45) is 0. The van der Waals surface area contributed by atoms with Gasteiger partial charge in [0, 0.05) is 22.6 Å². The minimum Gasteiger partial charge on any atom is -0.741 e. The first kappa shape index (κ1) is 38.5. The lowest BCUT2D eigenvalue weighted by Crippen LogP contribution is -2.21. The fraction of sp³-hybridized carbons (Fsp3) is 0.122. The van der Waals surface area contributed by atoms with Crippen LogP contribution >= 0.6 is 11.8 Å². The maximum atomic E-state index is 10.7. The lowest BCUT2D eigenvalue weighted by molar-refractivity contribution is -0.0517. The van der Waals surface area contributed by atoms with Gasteiger partial charge in [-0.15, -0.1) is 0 Å². The molecule has 0 aliphatic heterocycles. The number of benzene rings is 6. The molecule has 6 aromatic rings. The number of ether oxygens (including phenoxy) is 2. The van der Waals surface area contributed by atoms with Crippen molar-refractivity contribution in [1.29, 1.82) is 0 Å². The Morgan fingerprint density at radius 2 is 1.06 bits per heavy atom. The first-order valence-corrected chi connectivity index (χ1v) is 19.7. The third kappa shape index (κ3) is 10.0. The van der Waals surface area contributed by atoms with Gasteiger partial charge in [-0.25, -0.2) is 8.42 Å². The Morgan fingerprint density at radius 1 is 0.596 bits per heavy atom. The van der Waals surface area contributed by atoms with Crippen molar-refractivity contribution in [2.24, 2.45) is 0 Å². The van der Waals surface area contributed by atoms with Crippen LogP contribution in [-0.2, 0) is 21.0 Å². The van der Waals surface area contributed by atoms with E-state index in [1.807, 2.05) is 26.0 Å². The van der Waals surface area contributed by atoms with Gasteiger partial charge in [-0.2, -0.15) is 13.2 Å². The molecule has 52 heavy (non-hydrogen) atoms. The normalized spacial score (nSPS) is 12.0. The summed E-state index contributed by atoms with van der Waals surface area (Å²) in [6.45, 7) is 5.29. The largest absolute Gasteiger partial charge is 0.741 e. The number of hydrogen-bond donors (Lipinski definition) is 0. The summed E-state index contributed by atoms with van der Waals surface area (Å²) in [5, 5.41) is 0. The van der Waals surface area contributed by atoms with E-state index in [4.69, 9.17) is 22.4 Å². The fourth-order valence-electron chi connectivity index (χ4n) is 5.17. The predicted molar refractivity (Wildman–Crippen MR) is 201 cm³/mol. The second-order valence-electron chi connectivity index (χ2n) is 11.0. The van der Waals surface area contributed by atoms with Crippen LogP contribution in [0.2, 0.25) is 0 Å². The SMILES string of the molecule is CCOc1cc([S+](c2ccccc2)c2ccc(-c3ccccc3)c(OCC)c2)ccc1Sc1ccc(-c2ccccc2)cc1.O=S(=O)([O-])C(F)(F)F. The Kier molecular flexibility index (Phi) is 13.1. The van der Waals surface area contributed by atoms with E-state index >= 15 is 0 Å². The van der Waals surface area contributed by atoms with Crippen molar-refractivity contribution in [1.82, 2.24) is 0 Å². The van der Waals surface area contributed by atoms with Gasteiger partial charge in [0.1, 0.15) is 11.5 Å². The first-order valence-electron chi connectivity index (χ1n) is 16.2. The molecule has 1 atom stereocenters. The van der Waals surface area contributed by atoms with Crippen LogP contribution in [0.25, 0.3) is 22.3 Å². The van der Waals surface area contributed by atoms with E-state index in [1.165, 1.54) is 30.7 Å². The summed E-state index contributed by atoms with van der Waals surface area (Å²) in [6, 6.07) is 53.8. The molecule has 6 rings (SSSR count). The van der Waals surface area contributed by atoms with Crippen LogP contribution in [0.4, 0.5) is 13.2 Å². The third-order valence-electron chi connectivity index (χ3n) is 7.48. The number of rotatable bonds is 11. The van der Waals surface area contributed by atoms with Gasteiger partial charge in [0.15, 0.2) is 24.8 Å². The molecule has 0 N–H and O–H groups in total. The minimum absolute atomic E-state index is 0.355. The van der Waals surface area contributed by atoms with Crippen molar-refractivity contribution >= 4 is 32.8 Å². The lowest BCUT2D eigenvalue weighted by atomic mass is 10.0. The Morgan fingerprint density at radius 3 is 1.60 bits per heavy atom. The molecular weight excluding hydrogens is 726 g/mol. The molecular formula is C41H35F3O5S3. The van der Waals surface area contributed by atoms with E-state index in [9.17, 15) is 13.2 Å². The maximum absolute atomic E-state index is 10.7. The smallest absolute Gasteiger partial charge is 0.485 e. The van der Waals surface area contributed by atoms with Crippen LogP contribution in [-0.4, -0.2) is 31.7 Å². The Labute approximate surface area is 309 Å². The highest BCUT2D eigenvalue weighted by atomic mass is 32.2. The molecule has 0 amide bonds. The van der Waals surface area contributed by atoms with Crippen LogP contribution in [0.3, 0.4) is 0 Å². The predicted octanol–water partition coefficient (Wildman–Crippen LogP) is 11.1. The fourth-order valence-corrected chi connectivity index (χ4v) is 8.15. The van der Waals surface area contributed by atoms with Gasteiger partial charge in [0.05, 0.1) is 29.0 Å². The molecule has 0 bridgehead atoms. The van der Waals surface area contributed by atoms with Gasteiger partial charge in [-0.05, 0) is 79.1 Å². The molecule has 0 saturated carbocycles. The summed E-state index contributed by atoms with van der Waals surface area (Å²) < 4.78 is 71.4. The van der Waals surface area contributed by atoms with E-state index in [2.05, 4.69) is 140 Å². The molecule has 0 aliphatic rings. The van der Waals surface area contributed by atoms with Crippen molar-refractivity contribution in [2.75, 3.05) is 13.2 Å². The van der Waals surface area contributed by atoms with E-state index in [0.29, 0.717) is 13.2 Å². The number of halogens is 3. The summed E-state index contributed by atoms with van der Waals surface area (Å²) in [7, 11) is -6.45. The van der Waals surface area contributed by atoms with Crippen molar-refractivity contribution in [3.05, 3.63) is 152 Å². The monoisotopic (exact) mass is 760 g/mol. The second kappa shape index (κ2) is 17.7. The molecule has 0 fully saturated rings. The van der Waals surface area contributed by atoms with E-state index in [1.54, 1.807) is 11.8 Å². The maximum Gasteiger partial charge on any atom is 0.485 e. The molecule has 0 spiro atoms. The zero-order chi connectivity index (χ0) is 37.1. The van der Waals surface area contributed by atoms with Crippen LogP contribution in [0.5, 0.6) is 11.5 Å². The van der Waals surface area contributed by atoms with Crippen LogP contribution in [0.1, 0.15) is 13.8 Å². The zero-order valence-corrected chi connectivity index (χ0v) is 30.7. The van der Waals surface area contributed by atoms with Gasteiger partial charge < -0.3 is 14.0 Å². The summed E-state index contributed by atoms with van der Waals surface area (Å²) in [5.74, 6) is 1.81. The number of alkyl halides is 3. The van der Waals surface area contributed by atoms with Crippen molar-refractivity contribution in [2.45, 2.75) is 43.8 Å². The van der Waals surface area contributed by atoms with Crippen molar-refractivity contribution in [3.8, 4) is 33.8 Å². The highest BCUT2D eigenvalue weighted by molar-refractivity contribution is 7.99. The van der Waals surface area contributed by atoms with Crippen molar-refractivity contribution in [3.63, 3.8) is 0 Å². The zero-order valence-electron chi connectivity index (χ0n) is 28.2.